The number of carboxylic acid groups (broad SMARTS) is 1. The summed E-state index contributed by atoms with van der Waals surface area (Å²) in [6.07, 6.45) is 1.39. The lowest BCUT2D eigenvalue weighted by Crippen LogP contribution is -2.13. The van der Waals surface area contributed by atoms with Crippen LogP contribution in [0.5, 0.6) is 0 Å². The highest BCUT2D eigenvalue weighted by Gasteiger charge is 2.23. The lowest BCUT2D eigenvalue weighted by molar-refractivity contribution is -0.138. The first-order chi connectivity index (χ1) is 6.77. The van der Waals surface area contributed by atoms with E-state index in [1.807, 2.05) is 30.3 Å². The van der Waals surface area contributed by atoms with Crippen molar-refractivity contribution in [3.63, 3.8) is 0 Å². The molecule has 2 rings (SSSR count). The van der Waals surface area contributed by atoms with E-state index in [-0.39, 0.29) is 0 Å². The molecule has 14 heavy (non-hydrogen) atoms. The van der Waals surface area contributed by atoms with Crippen molar-refractivity contribution in [3.05, 3.63) is 35.9 Å². The Morgan fingerprint density at radius 2 is 2.07 bits per heavy atom. The molecule has 0 bridgehead atoms. The van der Waals surface area contributed by atoms with Crippen molar-refractivity contribution in [2.45, 2.75) is 18.9 Å². The third kappa shape index (κ3) is 1.66. The first kappa shape index (κ1) is 8.94. The highest BCUT2D eigenvalue weighted by molar-refractivity contribution is 6.03. The van der Waals surface area contributed by atoms with Gasteiger partial charge in [0.15, 0.2) is 0 Å². The predicted octanol–water partition coefficient (Wildman–Crippen LogP) is 1.72. The van der Waals surface area contributed by atoms with Gasteiger partial charge in [-0.05, 0) is 18.4 Å². The van der Waals surface area contributed by atoms with Gasteiger partial charge in [0.1, 0.15) is 6.04 Å². The maximum Gasteiger partial charge on any atom is 0.328 e. The van der Waals surface area contributed by atoms with Gasteiger partial charge < -0.3 is 5.11 Å². The van der Waals surface area contributed by atoms with Crippen molar-refractivity contribution in [1.82, 2.24) is 0 Å². The number of aliphatic carboxylic acids is 1. The lowest BCUT2D eigenvalue weighted by atomic mass is 10.1. The van der Waals surface area contributed by atoms with E-state index < -0.39 is 12.0 Å². The summed E-state index contributed by atoms with van der Waals surface area (Å²) in [5.41, 5.74) is 1.95. The molecule has 1 atom stereocenters. The van der Waals surface area contributed by atoms with Crippen molar-refractivity contribution < 1.29 is 9.90 Å². The zero-order chi connectivity index (χ0) is 9.97. The molecule has 0 saturated heterocycles. The molecule has 0 amide bonds. The molecule has 3 heteroatoms. The van der Waals surface area contributed by atoms with E-state index in [0.717, 1.165) is 17.7 Å². The average Bonchev–Trinajstić information content (AvgIpc) is 2.68. The Morgan fingerprint density at radius 3 is 2.64 bits per heavy atom. The summed E-state index contributed by atoms with van der Waals surface area (Å²) in [5.74, 6) is -0.823. The van der Waals surface area contributed by atoms with Crippen LogP contribution in [-0.2, 0) is 4.79 Å². The smallest absolute Gasteiger partial charge is 0.328 e. The van der Waals surface area contributed by atoms with Crippen molar-refractivity contribution in [2.24, 2.45) is 4.99 Å². The van der Waals surface area contributed by atoms with Crippen LogP contribution in [-0.4, -0.2) is 22.8 Å². The van der Waals surface area contributed by atoms with Crippen LogP contribution in [0.25, 0.3) is 0 Å². The quantitative estimate of drug-likeness (QED) is 0.770. The SMILES string of the molecule is O=C(O)[C@H]1CCC(c2ccccc2)=N1. The predicted molar refractivity (Wildman–Crippen MR) is 53.6 cm³/mol. The highest BCUT2D eigenvalue weighted by Crippen LogP contribution is 2.18. The van der Waals surface area contributed by atoms with Crippen LogP contribution < -0.4 is 0 Å². The summed E-state index contributed by atoms with van der Waals surface area (Å²) in [4.78, 5) is 14.8. The molecular formula is C11H11NO2. The van der Waals surface area contributed by atoms with Gasteiger partial charge in [-0.3, -0.25) is 4.99 Å². The molecule has 0 aromatic heterocycles. The Labute approximate surface area is 82.1 Å². The van der Waals surface area contributed by atoms with Crippen molar-refractivity contribution in [1.29, 1.82) is 0 Å². The third-order valence-corrected chi connectivity index (χ3v) is 2.36. The first-order valence-electron chi connectivity index (χ1n) is 4.62. The van der Waals surface area contributed by atoms with Gasteiger partial charge in [-0.25, -0.2) is 4.79 Å². The number of rotatable bonds is 2. The van der Waals surface area contributed by atoms with Crippen LogP contribution in [0.4, 0.5) is 0 Å². The van der Waals surface area contributed by atoms with Gasteiger partial charge >= 0.3 is 5.97 Å². The maximum absolute atomic E-state index is 10.7. The van der Waals surface area contributed by atoms with Crippen LogP contribution in [0.1, 0.15) is 18.4 Å². The number of carboxylic acids is 1. The molecule has 0 aliphatic carbocycles. The molecule has 1 aromatic rings. The molecule has 0 spiro atoms. The molecule has 0 unspecified atom stereocenters. The molecule has 1 N–H and O–H groups in total. The maximum atomic E-state index is 10.7. The summed E-state index contributed by atoms with van der Waals surface area (Å²) >= 11 is 0. The highest BCUT2D eigenvalue weighted by atomic mass is 16.4. The summed E-state index contributed by atoms with van der Waals surface area (Å²) in [6, 6.07) is 9.20. The second-order valence-electron chi connectivity index (χ2n) is 3.33. The minimum absolute atomic E-state index is 0.537. The van der Waals surface area contributed by atoms with Gasteiger partial charge in [0.25, 0.3) is 0 Å². The Morgan fingerprint density at radius 1 is 1.36 bits per heavy atom. The molecule has 0 radical (unpaired) electrons. The molecule has 1 aliphatic heterocycles. The fourth-order valence-corrected chi connectivity index (χ4v) is 1.62. The van der Waals surface area contributed by atoms with Gasteiger partial charge in [0.05, 0.1) is 0 Å². The summed E-state index contributed by atoms with van der Waals surface area (Å²) in [6.45, 7) is 0. The third-order valence-electron chi connectivity index (χ3n) is 2.36. The fourth-order valence-electron chi connectivity index (χ4n) is 1.62. The minimum Gasteiger partial charge on any atom is -0.480 e. The number of nitrogens with zero attached hydrogens (tertiary/aromatic N) is 1. The van der Waals surface area contributed by atoms with Gasteiger partial charge in [-0.15, -0.1) is 0 Å². The van der Waals surface area contributed by atoms with E-state index >= 15 is 0 Å². The van der Waals surface area contributed by atoms with Crippen molar-refractivity contribution in [3.8, 4) is 0 Å². The van der Waals surface area contributed by atoms with Crippen LogP contribution >= 0.6 is 0 Å². The largest absolute Gasteiger partial charge is 0.480 e. The van der Waals surface area contributed by atoms with Gasteiger partial charge in [0, 0.05) is 5.71 Å². The Hall–Kier alpha value is -1.64. The summed E-state index contributed by atoms with van der Waals surface area (Å²) < 4.78 is 0. The standard InChI is InChI=1S/C11H11NO2/c13-11(14)10-7-6-9(12-10)8-4-2-1-3-5-8/h1-5,10H,6-7H2,(H,13,14)/t10-/m1/s1. The summed E-state index contributed by atoms with van der Waals surface area (Å²) in [7, 11) is 0. The molecule has 1 aliphatic rings. The number of carbonyl (C=O) groups is 1. The van der Waals surface area contributed by atoms with E-state index in [9.17, 15) is 4.79 Å². The monoisotopic (exact) mass is 189 g/mol. The molecule has 72 valence electrons. The van der Waals surface area contributed by atoms with Crippen LogP contribution in [0.2, 0.25) is 0 Å². The molecule has 1 aromatic carbocycles. The molecule has 0 saturated carbocycles. The lowest BCUT2D eigenvalue weighted by Gasteiger charge is -1.97. The number of hydrogen-bond acceptors (Lipinski definition) is 2. The van der Waals surface area contributed by atoms with Crippen LogP contribution in [0, 0.1) is 0 Å². The number of hydrogen-bond donors (Lipinski definition) is 1. The molecule has 0 fully saturated rings. The minimum atomic E-state index is -0.823. The molecule has 1 heterocycles. The van der Waals surface area contributed by atoms with Gasteiger partial charge in [-0.2, -0.15) is 0 Å². The fraction of sp³-hybridized carbons (Fsp3) is 0.273. The summed E-state index contributed by atoms with van der Waals surface area (Å²) in [5, 5.41) is 8.77. The molecule has 3 nitrogen and oxygen atoms in total. The van der Waals surface area contributed by atoms with Crippen molar-refractivity contribution in [2.75, 3.05) is 0 Å². The van der Waals surface area contributed by atoms with Crippen molar-refractivity contribution >= 4 is 11.7 Å². The zero-order valence-corrected chi connectivity index (χ0v) is 7.68. The van der Waals surface area contributed by atoms with E-state index in [2.05, 4.69) is 4.99 Å². The Kier molecular flexibility index (Phi) is 2.31. The van der Waals surface area contributed by atoms with E-state index in [1.54, 1.807) is 0 Å². The average molecular weight is 189 g/mol. The Balaban J connectivity index is 2.22. The number of benzene rings is 1. The molecular weight excluding hydrogens is 178 g/mol. The second kappa shape index (κ2) is 3.62. The topological polar surface area (TPSA) is 49.7 Å². The second-order valence-corrected chi connectivity index (χ2v) is 3.33. The normalized spacial score (nSPS) is 20.6. The van der Waals surface area contributed by atoms with Gasteiger partial charge in [0.2, 0.25) is 0 Å². The van der Waals surface area contributed by atoms with Gasteiger partial charge in [-0.1, -0.05) is 30.3 Å². The Bertz CT molecular complexity index is 370. The van der Waals surface area contributed by atoms with E-state index in [4.69, 9.17) is 5.11 Å². The van der Waals surface area contributed by atoms with Crippen LogP contribution in [0.3, 0.4) is 0 Å². The van der Waals surface area contributed by atoms with Crippen LogP contribution in [0.15, 0.2) is 35.3 Å². The number of aliphatic imine (C=N–C) groups is 1. The zero-order valence-electron chi connectivity index (χ0n) is 7.68. The first-order valence-corrected chi connectivity index (χ1v) is 4.62. The van der Waals surface area contributed by atoms with E-state index in [0.29, 0.717) is 6.42 Å². The van der Waals surface area contributed by atoms with E-state index in [1.165, 1.54) is 0 Å².